The first-order chi connectivity index (χ1) is 13.5. The van der Waals surface area contributed by atoms with Crippen LogP contribution in [-0.4, -0.2) is 10.2 Å². The van der Waals surface area contributed by atoms with Crippen molar-refractivity contribution in [3.05, 3.63) is 57.6 Å². The fraction of sp³-hybridized carbons (Fsp3) is 0.556. The molecule has 2 aromatic rings. The lowest BCUT2D eigenvalue weighted by atomic mass is 9.65. The second-order valence-electron chi connectivity index (χ2n) is 10.5. The molecular weight excluding hydrogens is 356 g/mol. The van der Waals surface area contributed by atoms with Crippen molar-refractivity contribution in [2.45, 2.75) is 80.1 Å². The van der Waals surface area contributed by atoms with Crippen molar-refractivity contribution in [2.24, 2.45) is 17.3 Å². The maximum Gasteiger partial charge on any atom is 0.122 e. The molecule has 29 heavy (non-hydrogen) atoms. The first kappa shape index (κ1) is 21.7. The second kappa shape index (κ2) is 8.05. The Labute approximate surface area is 177 Å². The highest BCUT2D eigenvalue weighted by Crippen LogP contribution is 2.50. The van der Waals surface area contributed by atoms with Gasteiger partial charge in [0.05, 0.1) is 0 Å². The molecule has 0 saturated heterocycles. The standard InChI is InChI=1S/C27H38O2/c1-16-12-18(3)25(28)22(14-16)24(23-15-17(2)13-19(4)26(23)29)20-8-10-21(11-9-20)27(5,6)7/h12-15,20-21,24,28-29H,8-11H2,1-7H3. The Bertz CT molecular complexity index is 823. The molecule has 1 aliphatic rings. The first-order valence-corrected chi connectivity index (χ1v) is 11.1. The van der Waals surface area contributed by atoms with E-state index in [0.29, 0.717) is 22.8 Å². The summed E-state index contributed by atoms with van der Waals surface area (Å²) in [4.78, 5) is 0. The van der Waals surface area contributed by atoms with Gasteiger partial charge in [-0.05, 0) is 81.8 Å². The van der Waals surface area contributed by atoms with Crippen molar-refractivity contribution >= 4 is 0 Å². The van der Waals surface area contributed by atoms with E-state index in [0.717, 1.165) is 52.1 Å². The molecule has 1 fully saturated rings. The van der Waals surface area contributed by atoms with Crippen molar-refractivity contribution in [1.82, 2.24) is 0 Å². The highest BCUT2D eigenvalue weighted by atomic mass is 16.3. The van der Waals surface area contributed by atoms with Crippen LogP contribution in [0, 0.1) is 44.9 Å². The Morgan fingerprint density at radius 1 is 0.724 bits per heavy atom. The summed E-state index contributed by atoms with van der Waals surface area (Å²) in [5, 5.41) is 22.0. The van der Waals surface area contributed by atoms with Gasteiger partial charge < -0.3 is 10.2 Å². The van der Waals surface area contributed by atoms with E-state index in [2.05, 4.69) is 46.8 Å². The molecule has 1 saturated carbocycles. The summed E-state index contributed by atoms with van der Waals surface area (Å²) in [7, 11) is 0. The molecule has 0 bridgehead atoms. The van der Waals surface area contributed by atoms with E-state index in [1.165, 1.54) is 12.8 Å². The average Bonchev–Trinajstić information content (AvgIpc) is 2.63. The van der Waals surface area contributed by atoms with Gasteiger partial charge in [0, 0.05) is 17.0 Å². The minimum atomic E-state index is 0.0214. The predicted octanol–water partition coefficient (Wildman–Crippen LogP) is 7.32. The summed E-state index contributed by atoms with van der Waals surface area (Å²) >= 11 is 0. The molecular formula is C27H38O2. The van der Waals surface area contributed by atoms with E-state index in [4.69, 9.17) is 0 Å². The maximum absolute atomic E-state index is 11.0. The number of phenolic OH excluding ortho intramolecular Hbond substituents is 2. The summed E-state index contributed by atoms with van der Waals surface area (Å²) in [5.74, 6) is 1.95. The van der Waals surface area contributed by atoms with Crippen LogP contribution in [0.5, 0.6) is 11.5 Å². The van der Waals surface area contributed by atoms with Crippen LogP contribution in [0.25, 0.3) is 0 Å². The van der Waals surface area contributed by atoms with Crippen LogP contribution >= 0.6 is 0 Å². The van der Waals surface area contributed by atoms with Gasteiger partial charge in [-0.1, -0.05) is 56.2 Å². The number of aryl methyl sites for hydroxylation is 4. The molecule has 2 aromatic carbocycles. The van der Waals surface area contributed by atoms with Crippen LogP contribution in [0.2, 0.25) is 0 Å². The van der Waals surface area contributed by atoms with E-state index in [9.17, 15) is 10.2 Å². The number of hydrogen-bond donors (Lipinski definition) is 2. The van der Waals surface area contributed by atoms with Crippen LogP contribution in [0.15, 0.2) is 24.3 Å². The summed E-state index contributed by atoms with van der Waals surface area (Å²) in [5.41, 5.74) is 6.43. The van der Waals surface area contributed by atoms with Crippen LogP contribution in [0.4, 0.5) is 0 Å². The van der Waals surface area contributed by atoms with Crippen molar-refractivity contribution in [1.29, 1.82) is 0 Å². The molecule has 0 aromatic heterocycles. The molecule has 158 valence electrons. The minimum Gasteiger partial charge on any atom is -0.507 e. The molecule has 2 heteroatoms. The number of hydrogen-bond acceptors (Lipinski definition) is 2. The lowest BCUT2D eigenvalue weighted by Crippen LogP contribution is -2.28. The molecule has 0 aliphatic heterocycles. The molecule has 2 N–H and O–H groups in total. The number of aromatic hydroxyl groups is 2. The molecule has 3 rings (SSSR count). The third-order valence-electron chi connectivity index (χ3n) is 7.09. The third-order valence-corrected chi connectivity index (χ3v) is 7.09. The van der Waals surface area contributed by atoms with E-state index >= 15 is 0 Å². The smallest absolute Gasteiger partial charge is 0.122 e. The Hall–Kier alpha value is -1.96. The lowest BCUT2D eigenvalue weighted by molar-refractivity contribution is 0.143. The van der Waals surface area contributed by atoms with Gasteiger partial charge in [0.25, 0.3) is 0 Å². The SMILES string of the molecule is Cc1cc(C)c(O)c(C(c2cc(C)cc(C)c2O)C2CCC(C(C)(C)C)CC2)c1. The molecule has 1 aliphatic carbocycles. The zero-order chi connectivity index (χ0) is 21.5. The first-order valence-electron chi connectivity index (χ1n) is 11.1. The summed E-state index contributed by atoms with van der Waals surface area (Å²) in [6.07, 6.45) is 4.68. The number of benzene rings is 2. The van der Waals surface area contributed by atoms with Gasteiger partial charge in [-0.3, -0.25) is 0 Å². The zero-order valence-electron chi connectivity index (χ0n) is 19.3. The molecule has 2 nitrogen and oxygen atoms in total. The highest BCUT2D eigenvalue weighted by molar-refractivity contribution is 5.53. The summed E-state index contributed by atoms with van der Waals surface area (Å²) < 4.78 is 0. The summed E-state index contributed by atoms with van der Waals surface area (Å²) in [6, 6.07) is 8.32. The van der Waals surface area contributed by atoms with Crippen LogP contribution < -0.4 is 0 Å². The predicted molar refractivity (Wildman–Crippen MR) is 122 cm³/mol. The Kier molecular flexibility index (Phi) is 6.03. The average molecular weight is 395 g/mol. The molecule has 0 heterocycles. The van der Waals surface area contributed by atoms with Gasteiger partial charge in [-0.15, -0.1) is 0 Å². The highest BCUT2D eigenvalue weighted by Gasteiger charge is 2.36. The van der Waals surface area contributed by atoms with Crippen molar-refractivity contribution < 1.29 is 10.2 Å². The molecule has 0 atom stereocenters. The van der Waals surface area contributed by atoms with Gasteiger partial charge in [-0.2, -0.15) is 0 Å². The van der Waals surface area contributed by atoms with Crippen LogP contribution in [0.3, 0.4) is 0 Å². The number of rotatable bonds is 3. The Morgan fingerprint density at radius 2 is 1.14 bits per heavy atom. The van der Waals surface area contributed by atoms with Crippen molar-refractivity contribution in [2.75, 3.05) is 0 Å². The minimum absolute atomic E-state index is 0.0214. The van der Waals surface area contributed by atoms with Gasteiger partial charge >= 0.3 is 0 Å². The van der Waals surface area contributed by atoms with Crippen molar-refractivity contribution in [3.63, 3.8) is 0 Å². The fourth-order valence-corrected chi connectivity index (χ4v) is 5.45. The third kappa shape index (κ3) is 4.47. The fourth-order valence-electron chi connectivity index (χ4n) is 5.45. The molecule has 0 unspecified atom stereocenters. The van der Waals surface area contributed by atoms with Crippen molar-refractivity contribution in [3.8, 4) is 11.5 Å². The number of phenols is 2. The van der Waals surface area contributed by atoms with Gasteiger partial charge in [0.15, 0.2) is 0 Å². The van der Waals surface area contributed by atoms with E-state index in [1.54, 1.807) is 0 Å². The Balaban J connectivity index is 2.10. The second-order valence-corrected chi connectivity index (χ2v) is 10.5. The quantitative estimate of drug-likeness (QED) is 0.572. The van der Waals surface area contributed by atoms with Crippen LogP contribution in [0.1, 0.15) is 85.8 Å². The molecule has 0 radical (unpaired) electrons. The topological polar surface area (TPSA) is 40.5 Å². The summed E-state index contributed by atoms with van der Waals surface area (Å²) in [6.45, 7) is 15.2. The Morgan fingerprint density at radius 3 is 1.52 bits per heavy atom. The zero-order valence-corrected chi connectivity index (χ0v) is 19.3. The largest absolute Gasteiger partial charge is 0.507 e. The maximum atomic E-state index is 11.0. The van der Waals surface area contributed by atoms with Crippen LogP contribution in [-0.2, 0) is 0 Å². The lowest BCUT2D eigenvalue weighted by Gasteiger charge is -2.40. The van der Waals surface area contributed by atoms with E-state index < -0.39 is 0 Å². The monoisotopic (exact) mass is 394 g/mol. The van der Waals surface area contributed by atoms with E-state index in [1.807, 2.05) is 26.0 Å². The van der Waals surface area contributed by atoms with Gasteiger partial charge in [0.2, 0.25) is 0 Å². The molecule has 0 spiro atoms. The normalized spacial score (nSPS) is 20.3. The van der Waals surface area contributed by atoms with Gasteiger partial charge in [-0.25, -0.2) is 0 Å². The van der Waals surface area contributed by atoms with Gasteiger partial charge in [0.1, 0.15) is 11.5 Å². The molecule has 0 amide bonds. The van der Waals surface area contributed by atoms with E-state index in [-0.39, 0.29) is 5.92 Å².